The third-order valence-electron chi connectivity index (χ3n) is 5.60. The quantitative estimate of drug-likeness (QED) is 0.542. The van der Waals surface area contributed by atoms with Gasteiger partial charge in [-0.05, 0) is 39.3 Å². The van der Waals surface area contributed by atoms with E-state index in [0.29, 0.717) is 6.20 Å². The van der Waals surface area contributed by atoms with Crippen LogP contribution in [0.3, 0.4) is 0 Å². The zero-order chi connectivity index (χ0) is 28.6. The van der Waals surface area contributed by atoms with E-state index in [0.717, 1.165) is 23.4 Å². The molecule has 0 aliphatic carbocycles. The summed E-state index contributed by atoms with van der Waals surface area (Å²) < 4.78 is 98.6. The molecule has 1 fully saturated rings. The first-order chi connectivity index (χ1) is 17.4. The smallest absolute Gasteiger partial charge is 0.444 e. The summed E-state index contributed by atoms with van der Waals surface area (Å²) in [6.45, 7) is 5.42. The maximum Gasteiger partial charge on any atom is 0.451 e. The van der Waals surface area contributed by atoms with Gasteiger partial charge in [-0.25, -0.2) is 19.2 Å². The van der Waals surface area contributed by atoms with Crippen molar-refractivity contribution in [2.45, 2.75) is 76.9 Å². The lowest BCUT2D eigenvalue weighted by Crippen LogP contribution is -2.50. The van der Waals surface area contributed by atoms with Gasteiger partial charge in [-0.1, -0.05) is 0 Å². The van der Waals surface area contributed by atoms with Gasteiger partial charge in [0.1, 0.15) is 17.8 Å². The summed E-state index contributed by atoms with van der Waals surface area (Å²) in [6.07, 6.45) is -10.6. The number of nitrogens with zero attached hydrogens (tertiary/aromatic N) is 4. The number of aromatic nitrogens is 3. The van der Waals surface area contributed by atoms with Gasteiger partial charge in [-0.15, -0.1) is 0 Å². The molecule has 1 aliphatic rings. The number of likely N-dealkylation sites (tertiary alicyclic amines) is 1. The average molecular weight is 551 g/mol. The van der Waals surface area contributed by atoms with Crippen LogP contribution in [0.2, 0.25) is 0 Å². The summed E-state index contributed by atoms with van der Waals surface area (Å²) >= 11 is 0. The first-order valence-corrected chi connectivity index (χ1v) is 11.3. The molecule has 3 unspecified atom stereocenters. The second-order valence-electron chi connectivity index (χ2n) is 9.63. The van der Waals surface area contributed by atoms with E-state index in [1.165, 1.54) is 6.92 Å². The number of halogens is 7. The van der Waals surface area contributed by atoms with E-state index in [1.54, 1.807) is 20.8 Å². The summed E-state index contributed by atoms with van der Waals surface area (Å²) in [5.41, 5.74) is -2.89. The molecule has 38 heavy (non-hydrogen) atoms. The Morgan fingerprint density at radius 1 is 1.03 bits per heavy atom. The highest BCUT2D eigenvalue weighted by Crippen LogP contribution is 2.34. The van der Waals surface area contributed by atoms with Crippen LogP contribution in [0.1, 0.15) is 51.1 Å². The zero-order valence-electron chi connectivity index (χ0n) is 20.6. The number of rotatable bonds is 4. The van der Waals surface area contributed by atoms with Crippen molar-refractivity contribution in [1.29, 1.82) is 0 Å². The van der Waals surface area contributed by atoms with Gasteiger partial charge in [-0.2, -0.15) is 26.3 Å². The molecule has 3 atom stereocenters. The summed E-state index contributed by atoms with van der Waals surface area (Å²) in [7, 11) is 0. The second kappa shape index (κ2) is 10.3. The number of nitrogens with one attached hydrogen (secondary N) is 1. The van der Waals surface area contributed by atoms with Gasteiger partial charge in [0.2, 0.25) is 11.7 Å². The van der Waals surface area contributed by atoms with Crippen molar-refractivity contribution in [3.05, 3.63) is 41.6 Å². The summed E-state index contributed by atoms with van der Waals surface area (Å²) in [5.74, 6) is -2.35. The Kier molecular flexibility index (Phi) is 7.89. The van der Waals surface area contributed by atoms with Gasteiger partial charge in [0.15, 0.2) is 0 Å². The Hall–Kier alpha value is -3.52. The molecular formula is C23H24F7N5O3. The van der Waals surface area contributed by atoms with Gasteiger partial charge in [0, 0.05) is 37.1 Å². The topological polar surface area (TPSA) is 97.3 Å². The first-order valence-electron chi connectivity index (χ1n) is 11.3. The number of pyridine rings is 1. The lowest BCUT2D eigenvalue weighted by Gasteiger charge is -2.30. The number of carbonyl (C=O) groups excluding carboxylic acids is 2. The molecule has 8 nitrogen and oxygen atoms in total. The van der Waals surface area contributed by atoms with Crippen molar-refractivity contribution in [1.82, 2.24) is 25.2 Å². The molecule has 0 radical (unpaired) electrons. The van der Waals surface area contributed by atoms with Gasteiger partial charge in [-0.3, -0.25) is 14.7 Å². The van der Waals surface area contributed by atoms with Crippen LogP contribution >= 0.6 is 0 Å². The molecule has 2 aromatic heterocycles. The Bertz CT molecular complexity index is 1180. The predicted molar refractivity (Wildman–Crippen MR) is 118 cm³/mol. The fraction of sp³-hybridized carbons (Fsp3) is 0.522. The van der Waals surface area contributed by atoms with Crippen LogP contribution in [-0.2, 0) is 28.4 Å². The molecule has 3 rings (SSSR count). The Morgan fingerprint density at radius 2 is 1.63 bits per heavy atom. The summed E-state index contributed by atoms with van der Waals surface area (Å²) in [4.78, 5) is 36.4. The van der Waals surface area contributed by atoms with Crippen LogP contribution in [0.15, 0.2) is 24.7 Å². The second-order valence-corrected chi connectivity index (χ2v) is 9.63. The molecule has 1 saturated heterocycles. The number of amides is 2. The molecule has 0 saturated carbocycles. The van der Waals surface area contributed by atoms with Crippen molar-refractivity contribution in [3.8, 4) is 11.3 Å². The summed E-state index contributed by atoms with van der Waals surface area (Å²) in [6, 6.07) is -1.43. The minimum absolute atomic E-state index is 0.0970. The molecule has 0 bridgehead atoms. The van der Waals surface area contributed by atoms with Crippen molar-refractivity contribution in [2.24, 2.45) is 0 Å². The molecule has 15 heteroatoms. The van der Waals surface area contributed by atoms with Crippen molar-refractivity contribution in [3.63, 3.8) is 0 Å². The largest absolute Gasteiger partial charge is 0.451 e. The predicted octanol–water partition coefficient (Wildman–Crippen LogP) is 4.93. The van der Waals surface area contributed by atoms with Crippen LogP contribution in [0.25, 0.3) is 11.3 Å². The van der Waals surface area contributed by atoms with Gasteiger partial charge >= 0.3 is 18.4 Å². The number of hydrogen-bond acceptors (Lipinski definition) is 6. The van der Waals surface area contributed by atoms with Crippen molar-refractivity contribution >= 4 is 12.0 Å². The number of ether oxygens (including phenoxy) is 1. The fourth-order valence-corrected chi connectivity index (χ4v) is 3.79. The number of hydrogen-bond donors (Lipinski definition) is 1. The van der Waals surface area contributed by atoms with Crippen molar-refractivity contribution in [2.75, 3.05) is 0 Å². The van der Waals surface area contributed by atoms with E-state index in [9.17, 15) is 40.3 Å². The molecule has 1 N–H and O–H groups in total. The maximum atomic E-state index is 14.4. The van der Waals surface area contributed by atoms with Crippen LogP contribution < -0.4 is 5.32 Å². The van der Waals surface area contributed by atoms with E-state index < -0.39 is 71.7 Å². The molecule has 208 valence electrons. The lowest BCUT2D eigenvalue weighted by atomic mass is 10.1. The Morgan fingerprint density at radius 3 is 2.16 bits per heavy atom. The standard InChI is InChI=1S/C23H24F7N5O3/c1-11-15(24)6-17(35(11)20(37)38-21(2,3)4)18(36)32-7-12-5-16(31-10-14(12)22(25,26)27)13-8-33-19(34-9-13)23(28,29)30/h5,8-11,15,17H,6-7H2,1-4H3,(H,32,36). The van der Waals surface area contributed by atoms with Crippen LogP contribution in [0, 0.1) is 0 Å². The molecule has 0 spiro atoms. The Labute approximate surface area is 212 Å². The van der Waals surface area contributed by atoms with Crippen LogP contribution in [0.5, 0.6) is 0 Å². The molecular weight excluding hydrogens is 527 g/mol. The molecule has 2 aromatic rings. The number of alkyl halides is 7. The average Bonchev–Trinajstić information content (AvgIpc) is 3.09. The minimum Gasteiger partial charge on any atom is -0.444 e. The van der Waals surface area contributed by atoms with E-state index in [4.69, 9.17) is 4.74 Å². The van der Waals surface area contributed by atoms with Gasteiger partial charge in [0.25, 0.3) is 0 Å². The van der Waals surface area contributed by atoms with E-state index in [-0.39, 0.29) is 17.7 Å². The monoisotopic (exact) mass is 551 g/mol. The molecule has 1 aliphatic heterocycles. The fourth-order valence-electron chi connectivity index (χ4n) is 3.79. The summed E-state index contributed by atoms with van der Waals surface area (Å²) in [5, 5.41) is 2.29. The SMILES string of the molecule is CC1C(F)CC(C(=O)NCc2cc(-c3cnc(C(F)(F)F)nc3)ncc2C(F)(F)F)N1C(=O)OC(C)(C)C. The molecule has 3 heterocycles. The first kappa shape index (κ1) is 29.0. The lowest BCUT2D eigenvalue weighted by molar-refractivity contribution is -0.145. The minimum atomic E-state index is -4.88. The van der Waals surface area contributed by atoms with E-state index >= 15 is 0 Å². The van der Waals surface area contributed by atoms with E-state index in [2.05, 4.69) is 20.3 Å². The van der Waals surface area contributed by atoms with Gasteiger partial charge in [0.05, 0.1) is 17.3 Å². The van der Waals surface area contributed by atoms with Gasteiger partial charge < -0.3 is 10.1 Å². The van der Waals surface area contributed by atoms with Crippen LogP contribution in [0.4, 0.5) is 35.5 Å². The van der Waals surface area contributed by atoms with Crippen molar-refractivity contribution < 1.29 is 45.1 Å². The third kappa shape index (κ3) is 6.67. The van der Waals surface area contributed by atoms with E-state index in [1.807, 2.05) is 0 Å². The maximum absolute atomic E-state index is 14.4. The number of carbonyl (C=O) groups is 2. The van der Waals surface area contributed by atoms with Crippen LogP contribution in [-0.4, -0.2) is 55.7 Å². The normalized spacial score (nSPS) is 20.4. The highest BCUT2D eigenvalue weighted by molar-refractivity contribution is 5.86. The molecule has 2 amide bonds. The Balaban J connectivity index is 1.85. The highest BCUT2D eigenvalue weighted by atomic mass is 19.4. The highest BCUT2D eigenvalue weighted by Gasteiger charge is 2.47. The molecule has 0 aromatic carbocycles. The third-order valence-corrected chi connectivity index (χ3v) is 5.60. The zero-order valence-corrected chi connectivity index (χ0v) is 20.6.